The van der Waals surface area contributed by atoms with Crippen molar-refractivity contribution in [2.75, 3.05) is 13.2 Å². The van der Waals surface area contributed by atoms with E-state index >= 15 is 0 Å². The normalized spacial score (nSPS) is 11.0. The van der Waals surface area contributed by atoms with E-state index in [1.54, 1.807) is 13.8 Å². The quantitative estimate of drug-likeness (QED) is 0.630. The van der Waals surface area contributed by atoms with Crippen LogP contribution in [0.2, 0.25) is 0 Å². The van der Waals surface area contributed by atoms with Crippen LogP contribution in [-0.4, -0.2) is 25.2 Å². The van der Waals surface area contributed by atoms with Crippen molar-refractivity contribution < 1.29 is 19.1 Å². The highest BCUT2D eigenvalue weighted by molar-refractivity contribution is 5.69. The number of rotatable bonds is 7. The van der Waals surface area contributed by atoms with E-state index in [0.29, 0.717) is 26.1 Å². The number of hydrogen-bond donors (Lipinski definition) is 0. The van der Waals surface area contributed by atoms with Crippen LogP contribution in [0.25, 0.3) is 0 Å². The van der Waals surface area contributed by atoms with Gasteiger partial charge in [-0.05, 0) is 6.42 Å². The molecule has 0 aromatic rings. The van der Waals surface area contributed by atoms with Gasteiger partial charge in [0.05, 0.1) is 13.2 Å². The van der Waals surface area contributed by atoms with E-state index in [1.807, 2.05) is 13.8 Å². The number of hydrogen-bond acceptors (Lipinski definition) is 4. The first-order valence-electron chi connectivity index (χ1n) is 5.78. The average Bonchev–Trinajstić information content (AvgIpc) is 2.32. The van der Waals surface area contributed by atoms with E-state index in [0.717, 1.165) is 6.42 Å². The van der Waals surface area contributed by atoms with E-state index in [2.05, 4.69) is 0 Å². The highest BCUT2D eigenvalue weighted by atomic mass is 16.5. The fourth-order valence-electron chi connectivity index (χ4n) is 0.959. The molecular formula is C12H22O4. The summed E-state index contributed by atoms with van der Waals surface area (Å²) in [7, 11) is 0. The molecule has 0 aromatic carbocycles. The van der Waals surface area contributed by atoms with Gasteiger partial charge in [-0.1, -0.05) is 27.7 Å². The minimum Gasteiger partial charge on any atom is -0.465 e. The van der Waals surface area contributed by atoms with E-state index < -0.39 is 0 Å². The van der Waals surface area contributed by atoms with Gasteiger partial charge in [-0.2, -0.15) is 0 Å². The Morgan fingerprint density at radius 3 is 1.56 bits per heavy atom. The maximum Gasteiger partial charge on any atom is 0.305 e. The topological polar surface area (TPSA) is 52.6 Å². The van der Waals surface area contributed by atoms with Crippen LogP contribution in [-0.2, 0) is 19.1 Å². The van der Waals surface area contributed by atoms with Crippen molar-refractivity contribution in [3.05, 3.63) is 0 Å². The summed E-state index contributed by atoms with van der Waals surface area (Å²) >= 11 is 0. The van der Waals surface area contributed by atoms with Gasteiger partial charge in [0.15, 0.2) is 0 Å². The maximum absolute atomic E-state index is 11.0. The molecule has 0 aliphatic carbocycles. The van der Waals surface area contributed by atoms with Crippen molar-refractivity contribution in [1.82, 2.24) is 0 Å². The predicted molar refractivity (Wildman–Crippen MR) is 60.9 cm³/mol. The molecule has 0 aromatic heterocycles. The molecule has 0 saturated carbocycles. The maximum atomic E-state index is 11.0. The van der Waals surface area contributed by atoms with Gasteiger partial charge >= 0.3 is 11.9 Å². The summed E-state index contributed by atoms with van der Waals surface area (Å²) in [4.78, 5) is 22.1. The van der Waals surface area contributed by atoms with Crippen molar-refractivity contribution in [3.63, 3.8) is 0 Å². The lowest BCUT2D eigenvalue weighted by Crippen LogP contribution is -2.30. The summed E-state index contributed by atoms with van der Waals surface area (Å²) in [6, 6.07) is 0. The third kappa shape index (κ3) is 5.73. The zero-order valence-electron chi connectivity index (χ0n) is 10.7. The summed E-state index contributed by atoms with van der Waals surface area (Å²) in [6.07, 6.45) is 1.53. The minimum absolute atomic E-state index is 0.221. The van der Waals surface area contributed by atoms with Crippen molar-refractivity contribution in [3.8, 4) is 0 Å². The highest BCUT2D eigenvalue weighted by Gasteiger charge is 2.26. The van der Waals surface area contributed by atoms with Gasteiger partial charge in [-0.15, -0.1) is 0 Å². The summed E-state index contributed by atoms with van der Waals surface area (Å²) < 4.78 is 10.2. The first-order valence-corrected chi connectivity index (χ1v) is 5.78. The smallest absolute Gasteiger partial charge is 0.305 e. The first-order chi connectivity index (χ1) is 7.47. The van der Waals surface area contributed by atoms with Gasteiger partial charge < -0.3 is 9.47 Å². The Labute approximate surface area is 97.3 Å². The molecule has 0 radical (unpaired) electrons. The Morgan fingerprint density at radius 2 is 1.31 bits per heavy atom. The van der Waals surface area contributed by atoms with E-state index in [9.17, 15) is 9.59 Å². The van der Waals surface area contributed by atoms with Crippen molar-refractivity contribution in [1.29, 1.82) is 0 Å². The molecule has 0 rings (SSSR count). The molecule has 0 aliphatic heterocycles. The average molecular weight is 230 g/mol. The number of carbonyl (C=O) groups excluding carboxylic acids is 2. The molecule has 16 heavy (non-hydrogen) atoms. The molecule has 0 saturated heterocycles. The zero-order valence-corrected chi connectivity index (χ0v) is 10.7. The Hall–Kier alpha value is -1.06. The molecule has 0 fully saturated rings. The summed E-state index contributed by atoms with van der Waals surface area (Å²) in [5.41, 5.74) is -0.282. The molecule has 4 heteroatoms. The van der Waals surface area contributed by atoms with Crippen LogP contribution in [0.3, 0.4) is 0 Å². The number of esters is 2. The molecule has 0 atom stereocenters. The third-order valence-electron chi connectivity index (χ3n) is 2.59. The molecule has 0 amide bonds. The minimum atomic E-state index is -0.282. The second-order valence-corrected chi connectivity index (χ2v) is 4.19. The van der Waals surface area contributed by atoms with Crippen molar-refractivity contribution in [2.45, 2.75) is 47.0 Å². The monoisotopic (exact) mass is 230 g/mol. The van der Waals surface area contributed by atoms with Crippen LogP contribution >= 0.6 is 0 Å². The first kappa shape index (κ1) is 14.9. The van der Waals surface area contributed by atoms with Gasteiger partial charge in [0.1, 0.15) is 0 Å². The van der Waals surface area contributed by atoms with Crippen molar-refractivity contribution in [2.24, 2.45) is 5.41 Å². The van der Waals surface area contributed by atoms with Crippen LogP contribution in [0.4, 0.5) is 0 Å². The molecule has 4 nitrogen and oxygen atoms in total. The molecule has 0 unspecified atom stereocenters. The Morgan fingerprint density at radius 1 is 0.938 bits per heavy atom. The number of carbonyl (C=O) groups is 2. The SMILES string of the molecule is CCC(=O)OCC(C)(CC)COC(=O)CC. The second-order valence-electron chi connectivity index (χ2n) is 4.19. The lowest BCUT2D eigenvalue weighted by atomic mass is 9.90. The fourth-order valence-corrected chi connectivity index (χ4v) is 0.959. The molecule has 0 N–H and O–H groups in total. The second kappa shape index (κ2) is 7.25. The summed E-state index contributed by atoms with van der Waals surface area (Å²) in [5, 5.41) is 0. The standard InChI is InChI=1S/C12H22O4/c1-5-10(13)15-8-12(4,7-3)9-16-11(14)6-2/h5-9H2,1-4H3. The van der Waals surface area contributed by atoms with Crippen LogP contribution < -0.4 is 0 Å². The highest BCUT2D eigenvalue weighted by Crippen LogP contribution is 2.22. The van der Waals surface area contributed by atoms with Gasteiger partial charge in [0, 0.05) is 18.3 Å². The van der Waals surface area contributed by atoms with Crippen LogP contribution in [0, 0.1) is 5.41 Å². The van der Waals surface area contributed by atoms with E-state index in [-0.39, 0.29) is 17.4 Å². The van der Waals surface area contributed by atoms with Crippen LogP contribution in [0.15, 0.2) is 0 Å². The van der Waals surface area contributed by atoms with Gasteiger partial charge in [0.25, 0.3) is 0 Å². The third-order valence-corrected chi connectivity index (χ3v) is 2.59. The summed E-state index contributed by atoms with van der Waals surface area (Å²) in [5.74, 6) is -0.442. The predicted octanol–water partition coefficient (Wildman–Crippen LogP) is 2.31. The Balaban J connectivity index is 4.09. The van der Waals surface area contributed by atoms with Gasteiger partial charge in [0.2, 0.25) is 0 Å². The van der Waals surface area contributed by atoms with Gasteiger partial charge in [-0.3, -0.25) is 9.59 Å². The molecular weight excluding hydrogens is 208 g/mol. The molecule has 0 bridgehead atoms. The molecule has 0 aliphatic rings. The Bertz CT molecular complexity index is 215. The number of ether oxygens (including phenoxy) is 2. The van der Waals surface area contributed by atoms with E-state index in [4.69, 9.17) is 9.47 Å². The largest absolute Gasteiger partial charge is 0.465 e. The lowest BCUT2D eigenvalue weighted by Gasteiger charge is -2.26. The lowest BCUT2D eigenvalue weighted by molar-refractivity contribution is -0.153. The molecule has 0 spiro atoms. The van der Waals surface area contributed by atoms with Crippen molar-refractivity contribution >= 4 is 11.9 Å². The van der Waals surface area contributed by atoms with Gasteiger partial charge in [-0.25, -0.2) is 0 Å². The molecule has 94 valence electrons. The summed E-state index contributed by atoms with van der Waals surface area (Å²) in [6.45, 7) is 8.03. The van der Waals surface area contributed by atoms with Crippen LogP contribution in [0.5, 0.6) is 0 Å². The Kier molecular flexibility index (Phi) is 6.77. The fraction of sp³-hybridized carbons (Fsp3) is 0.833. The molecule has 0 heterocycles. The van der Waals surface area contributed by atoms with Crippen LogP contribution in [0.1, 0.15) is 47.0 Å². The zero-order chi connectivity index (χ0) is 12.6. The van der Waals surface area contributed by atoms with E-state index in [1.165, 1.54) is 0 Å².